The molecular weight excluding hydrogens is 478 g/mol. The molecular formula is C29H33N7O2. The normalized spacial score (nSPS) is 21.6. The van der Waals surface area contributed by atoms with Crippen LogP contribution in [0.2, 0.25) is 0 Å². The number of hydrogen-bond donors (Lipinski definition) is 2. The molecule has 5 heterocycles. The third-order valence-electron chi connectivity index (χ3n) is 7.78. The van der Waals surface area contributed by atoms with E-state index in [4.69, 9.17) is 9.97 Å². The number of nitrogens with zero attached hydrogens (tertiary/aromatic N) is 6. The molecule has 1 unspecified atom stereocenters. The Morgan fingerprint density at radius 3 is 2.63 bits per heavy atom. The van der Waals surface area contributed by atoms with Crippen LogP contribution in [0.15, 0.2) is 65.6 Å². The molecule has 38 heavy (non-hydrogen) atoms. The lowest BCUT2D eigenvalue weighted by molar-refractivity contribution is 0.0443. The van der Waals surface area contributed by atoms with Gasteiger partial charge in [-0.2, -0.15) is 4.98 Å². The van der Waals surface area contributed by atoms with Crippen LogP contribution in [0.1, 0.15) is 49.8 Å². The zero-order valence-corrected chi connectivity index (χ0v) is 21.8. The molecule has 2 bridgehead atoms. The summed E-state index contributed by atoms with van der Waals surface area (Å²) in [6.07, 6.45) is 9.08. The summed E-state index contributed by atoms with van der Waals surface area (Å²) in [4.78, 5) is 29.7. The van der Waals surface area contributed by atoms with Gasteiger partial charge in [0.05, 0.1) is 12.2 Å². The van der Waals surface area contributed by atoms with Gasteiger partial charge in [0.25, 0.3) is 5.56 Å². The van der Waals surface area contributed by atoms with Crippen molar-refractivity contribution in [2.45, 2.75) is 50.7 Å². The first kappa shape index (κ1) is 24.5. The molecule has 2 N–H and O–H groups in total. The molecule has 2 aliphatic rings. The van der Waals surface area contributed by atoms with Gasteiger partial charge < -0.3 is 15.3 Å². The predicted octanol–water partition coefficient (Wildman–Crippen LogP) is 4.09. The Morgan fingerprint density at radius 1 is 1.05 bits per heavy atom. The largest absolute Gasteiger partial charge is 0.384 e. The third kappa shape index (κ3) is 4.63. The van der Waals surface area contributed by atoms with E-state index in [1.807, 2.05) is 30.4 Å². The average molecular weight is 512 g/mol. The lowest BCUT2D eigenvalue weighted by Gasteiger charge is -2.29. The summed E-state index contributed by atoms with van der Waals surface area (Å²) in [6.45, 7) is 4.40. The highest BCUT2D eigenvalue weighted by Gasteiger charge is 2.26. The molecule has 2 aliphatic heterocycles. The first-order valence-corrected chi connectivity index (χ1v) is 13.3. The molecule has 9 nitrogen and oxygen atoms in total. The molecule has 1 atom stereocenters. The van der Waals surface area contributed by atoms with Gasteiger partial charge in [-0.3, -0.25) is 4.79 Å². The van der Waals surface area contributed by atoms with Crippen molar-refractivity contribution in [3.63, 3.8) is 0 Å². The van der Waals surface area contributed by atoms with Crippen molar-refractivity contribution in [1.29, 1.82) is 0 Å². The van der Waals surface area contributed by atoms with Crippen LogP contribution in [-0.4, -0.2) is 54.5 Å². The van der Waals surface area contributed by atoms with Crippen molar-refractivity contribution >= 4 is 22.7 Å². The van der Waals surface area contributed by atoms with E-state index in [9.17, 15) is 9.90 Å². The summed E-state index contributed by atoms with van der Waals surface area (Å²) in [7, 11) is 2.18. The van der Waals surface area contributed by atoms with Gasteiger partial charge >= 0.3 is 0 Å². The van der Waals surface area contributed by atoms with Crippen molar-refractivity contribution in [2.24, 2.45) is 0 Å². The Hall–Kier alpha value is -3.82. The maximum absolute atomic E-state index is 13.4. The van der Waals surface area contributed by atoms with Gasteiger partial charge in [-0.15, -0.1) is 0 Å². The molecule has 0 saturated carbocycles. The fraction of sp³-hybridized carbons (Fsp3) is 0.379. The van der Waals surface area contributed by atoms with Gasteiger partial charge in [0.15, 0.2) is 11.5 Å². The number of benzene rings is 1. The van der Waals surface area contributed by atoms with Gasteiger partial charge in [0, 0.05) is 11.9 Å². The van der Waals surface area contributed by atoms with Crippen LogP contribution in [0.4, 0.5) is 11.6 Å². The number of aliphatic hydroxyl groups is 1. The van der Waals surface area contributed by atoms with Crippen LogP contribution in [-0.2, 0) is 12.1 Å². The SMILES string of the molecule is CN1CCC(c2ccc(Nc3ncc4c(=O)n5n(c4n3)-c3cccc(n3)C(C)(O)CC/C=C\C5)cc2)CC1. The van der Waals surface area contributed by atoms with E-state index >= 15 is 0 Å². The van der Waals surface area contributed by atoms with E-state index in [0.717, 1.165) is 18.8 Å². The second-order valence-corrected chi connectivity index (χ2v) is 10.6. The number of allylic oxidation sites excluding steroid dienone is 2. The molecule has 0 radical (unpaired) electrons. The van der Waals surface area contributed by atoms with E-state index in [2.05, 4.69) is 46.5 Å². The van der Waals surface area contributed by atoms with E-state index in [1.54, 1.807) is 22.5 Å². The molecule has 1 aromatic carbocycles. The average Bonchev–Trinajstić information content (AvgIpc) is 3.19. The van der Waals surface area contributed by atoms with Gasteiger partial charge in [0.2, 0.25) is 5.95 Å². The number of nitrogens with one attached hydrogen (secondary N) is 1. The van der Waals surface area contributed by atoms with Crippen molar-refractivity contribution in [2.75, 3.05) is 25.5 Å². The molecule has 4 aromatic rings. The Balaban J connectivity index is 1.36. The molecule has 1 saturated heterocycles. The Labute approximate surface area is 221 Å². The molecule has 0 spiro atoms. The van der Waals surface area contributed by atoms with Gasteiger partial charge in [-0.25, -0.2) is 19.3 Å². The van der Waals surface area contributed by atoms with Crippen LogP contribution in [0.25, 0.3) is 16.9 Å². The van der Waals surface area contributed by atoms with Gasteiger partial charge in [-0.1, -0.05) is 30.4 Å². The number of fused-ring (bicyclic) bond motifs is 6. The minimum atomic E-state index is -1.08. The summed E-state index contributed by atoms with van der Waals surface area (Å²) in [5, 5.41) is 14.7. The highest BCUT2D eigenvalue weighted by atomic mass is 16.3. The van der Waals surface area contributed by atoms with E-state index in [0.29, 0.717) is 53.8 Å². The fourth-order valence-corrected chi connectivity index (χ4v) is 5.42. The number of anilines is 2. The molecule has 6 rings (SSSR count). The molecule has 9 heteroatoms. The quantitative estimate of drug-likeness (QED) is 0.400. The zero-order chi connectivity index (χ0) is 26.3. The third-order valence-corrected chi connectivity index (χ3v) is 7.78. The van der Waals surface area contributed by atoms with Gasteiger partial charge in [-0.05, 0) is 88.5 Å². The molecule has 1 fully saturated rings. The minimum absolute atomic E-state index is 0.183. The van der Waals surface area contributed by atoms with Crippen molar-refractivity contribution < 1.29 is 5.11 Å². The van der Waals surface area contributed by atoms with Crippen LogP contribution >= 0.6 is 0 Å². The summed E-state index contributed by atoms with van der Waals surface area (Å²) < 4.78 is 3.34. The second kappa shape index (κ2) is 9.81. The number of piperidine rings is 1. The van der Waals surface area contributed by atoms with Crippen LogP contribution in [0.5, 0.6) is 0 Å². The monoisotopic (exact) mass is 511 g/mol. The smallest absolute Gasteiger partial charge is 0.278 e. The Bertz CT molecular complexity index is 1540. The van der Waals surface area contributed by atoms with Crippen molar-refractivity contribution in [1.82, 2.24) is 29.2 Å². The summed E-state index contributed by atoms with van der Waals surface area (Å²) in [5.41, 5.74) is 2.00. The zero-order valence-electron chi connectivity index (χ0n) is 21.8. The van der Waals surface area contributed by atoms with Crippen LogP contribution < -0.4 is 10.9 Å². The topological polar surface area (TPSA) is 101 Å². The number of aromatic nitrogens is 5. The maximum atomic E-state index is 13.4. The summed E-state index contributed by atoms with van der Waals surface area (Å²) in [6, 6.07) is 14.0. The van der Waals surface area contributed by atoms with Gasteiger partial charge in [0.1, 0.15) is 11.0 Å². The number of pyridine rings is 1. The highest BCUT2D eigenvalue weighted by Crippen LogP contribution is 2.29. The van der Waals surface area contributed by atoms with E-state index in [-0.39, 0.29) is 5.56 Å². The molecule has 0 amide bonds. The Kier molecular flexibility index (Phi) is 6.33. The molecule has 0 aliphatic carbocycles. The fourth-order valence-electron chi connectivity index (χ4n) is 5.42. The van der Waals surface area contributed by atoms with Crippen molar-refractivity contribution in [3.05, 3.63) is 82.4 Å². The lowest BCUT2D eigenvalue weighted by atomic mass is 9.89. The molecule has 3 aromatic heterocycles. The van der Waals surface area contributed by atoms with Crippen LogP contribution in [0.3, 0.4) is 0 Å². The summed E-state index contributed by atoms with van der Waals surface area (Å²) >= 11 is 0. The number of likely N-dealkylation sites (tertiary alicyclic amines) is 1. The first-order valence-electron chi connectivity index (χ1n) is 13.3. The lowest BCUT2D eigenvalue weighted by Crippen LogP contribution is -2.29. The highest BCUT2D eigenvalue weighted by molar-refractivity contribution is 5.77. The predicted molar refractivity (Wildman–Crippen MR) is 148 cm³/mol. The number of hydrogen-bond acceptors (Lipinski definition) is 7. The Morgan fingerprint density at radius 2 is 1.84 bits per heavy atom. The first-order chi connectivity index (χ1) is 18.4. The number of rotatable bonds is 3. The minimum Gasteiger partial charge on any atom is -0.384 e. The standard InChI is InChI=1S/C29H33N7O2/c1-29(38)15-4-3-5-16-35-27(37)23-19-30-28(33-26(23)36(35)25-8-6-7-24(29)32-25)31-22-11-9-20(10-12-22)21-13-17-34(2)18-14-21/h3,5-12,19,21,38H,4,13-18H2,1-2H3,(H,30,31,33)/b5-3-. The van der Waals surface area contributed by atoms with Crippen LogP contribution in [0, 0.1) is 0 Å². The maximum Gasteiger partial charge on any atom is 0.278 e. The van der Waals surface area contributed by atoms with Crippen molar-refractivity contribution in [3.8, 4) is 5.82 Å². The van der Waals surface area contributed by atoms with E-state index < -0.39 is 5.60 Å². The molecule has 196 valence electrons. The summed E-state index contributed by atoms with van der Waals surface area (Å²) in [5.74, 6) is 1.52. The van der Waals surface area contributed by atoms with E-state index in [1.165, 1.54) is 18.4 Å². The second-order valence-electron chi connectivity index (χ2n) is 10.6.